The molecule has 4 N–H and O–H groups in total. The number of alkyl halides is 3. The second kappa shape index (κ2) is 11.4. The number of hydrogen-bond acceptors (Lipinski definition) is 5. The number of phosphoric ester groups is 1. The van der Waals surface area contributed by atoms with Crippen molar-refractivity contribution < 1.29 is 45.3 Å². The summed E-state index contributed by atoms with van der Waals surface area (Å²) >= 11 is 0. The van der Waals surface area contributed by atoms with Crippen LogP contribution in [0.4, 0.5) is 13.2 Å². The highest BCUT2D eigenvalue weighted by molar-refractivity contribution is 7.89. The number of nitrogens with one attached hydrogen (secondary N) is 2. The van der Waals surface area contributed by atoms with Crippen LogP contribution >= 0.6 is 7.82 Å². The lowest BCUT2D eigenvalue weighted by molar-refractivity contribution is -0.137. The van der Waals surface area contributed by atoms with E-state index < -0.39 is 54.2 Å². The van der Waals surface area contributed by atoms with Gasteiger partial charge in [-0.25, -0.2) is 17.7 Å². The van der Waals surface area contributed by atoms with Crippen molar-refractivity contribution in [3.63, 3.8) is 0 Å². The van der Waals surface area contributed by atoms with Crippen LogP contribution in [0.1, 0.15) is 42.9 Å². The van der Waals surface area contributed by atoms with Crippen molar-refractivity contribution in [3.8, 4) is 0 Å². The van der Waals surface area contributed by atoms with Crippen LogP contribution in [0, 0.1) is 5.92 Å². The molecule has 3 rings (SSSR count). The molecule has 9 nitrogen and oxygen atoms in total. The maximum atomic E-state index is 12.8. The van der Waals surface area contributed by atoms with Gasteiger partial charge < -0.3 is 15.1 Å². The number of benzene rings is 2. The third-order valence-electron chi connectivity index (χ3n) is 5.84. The van der Waals surface area contributed by atoms with E-state index in [0.717, 1.165) is 12.1 Å². The molecule has 1 aliphatic carbocycles. The average molecular weight is 550 g/mol. The monoisotopic (exact) mass is 550 g/mol. The summed E-state index contributed by atoms with van der Waals surface area (Å²) in [6, 6.07) is 10.4. The number of amides is 1. The fourth-order valence-corrected chi connectivity index (χ4v) is 5.60. The minimum absolute atomic E-state index is 0.286. The summed E-state index contributed by atoms with van der Waals surface area (Å²) in [5.41, 5.74) is -0.356. The molecule has 2 aromatic rings. The quantitative estimate of drug-likeness (QED) is 0.350. The lowest BCUT2D eigenvalue weighted by Crippen LogP contribution is -2.42. The lowest BCUT2D eigenvalue weighted by Gasteiger charge is -2.29. The Labute approximate surface area is 206 Å². The van der Waals surface area contributed by atoms with Gasteiger partial charge in [0.1, 0.15) is 0 Å². The van der Waals surface area contributed by atoms with Gasteiger partial charge in [-0.3, -0.25) is 9.32 Å². The summed E-state index contributed by atoms with van der Waals surface area (Å²) in [5, 5.41) is 2.74. The van der Waals surface area contributed by atoms with Gasteiger partial charge in [0.05, 0.1) is 23.1 Å². The standard InChI is InChI=1S/C22H26F3N2O7PS/c23-22(24,25)17-8-12-19(13-9-17)36(32,33)27-18-10-6-16(7-11-18)21(28)26-20(14-34-35(29,30)31)15-4-2-1-3-5-15/h1-5,8-9,12-13,16,18,20,27H,6-7,10-11,14H2,(H,26,28)(H2,29,30,31)/t16-,18-,20-/m1/s1. The zero-order valence-electron chi connectivity index (χ0n) is 18.9. The van der Waals surface area contributed by atoms with E-state index in [4.69, 9.17) is 9.79 Å². The zero-order valence-corrected chi connectivity index (χ0v) is 20.6. The van der Waals surface area contributed by atoms with E-state index in [-0.39, 0.29) is 10.8 Å². The molecule has 0 heterocycles. The van der Waals surface area contributed by atoms with Crippen LogP contribution in [-0.4, -0.2) is 36.8 Å². The molecule has 0 aromatic heterocycles. The third-order valence-corrected chi connectivity index (χ3v) is 7.86. The molecular weight excluding hydrogens is 524 g/mol. The largest absolute Gasteiger partial charge is 0.469 e. The Hall–Kier alpha value is -2.28. The van der Waals surface area contributed by atoms with Gasteiger partial charge in [-0.1, -0.05) is 30.3 Å². The van der Waals surface area contributed by atoms with Crippen LogP contribution in [0.5, 0.6) is 0 Å². The predicted octanol–water partition coefficient (Wildman–Crippen LogP) is 3.51. The number of rotatable bonds is 9. The second-order valence-corrected chi connectivity index (χ2v) is 11.4. The highest BCUT2D eigenvalue weighted by Gasteiger charge is 2.33. The van der Waals surface area contributed by atoms with Gasteiger partial charge in [0, 0.05) is 12.0 Å². The molecule has 0 unspecified atom stereocenters. The summed E-state index contributed by atoms with van der Waals surface area (Å²) < 4.78 is 81.5. The number of carbonyl (C=O) groups excluding carboxylic acids is 1. The molecule has 1 atom stereocenters. The van der Waals surface area contributed by atoms with Crippen molar-refractivity contribution in [2.45, 2.75) is 48.8 Å². The first-order valence-corrected chi connectivity index (χ1v) is 14.0. The summed E-state index contributed by atoms with van der Waals surface area (Å²) in [6.07, 6.45) is -3.24. The molecule has 14 heteroatoms. The molecule has 198 valence electrons. The van der Waals surface area contributed by atoms with Gasteiger partial charge in [0.15, 0.2) is 0 Å². The number of hydrogen-bond donors (Lipinski definition) is 4. The van der Waals surface area contributed by atoms with Crippen molar-refractivity contribution in [2.24, 2.45) is 5.92 Å². The van der Waals surface area contributed by atoms with Crippen molar-refractivity contribution >= 4 is 23.8 Å². The fourth-order valence-electron chi connectivity index (χ4n) is 3.95. The van der Waals surface area contributed by atoms with Crippen LogP contribution in [0.25, 0.3) is 0 Å². The molecular formula is C22H26F3N2O7PS. The van der Waals surface area contributed by atoms with Crippen LogP contribution in [0.3, 0.4) is 0 Å². The molecule has 0 aliphatic heterocycles. The first-order chi connectivity index (χ1) is 16.7. The predicted molar refractivity (Wildman–Crippen MR) is 123 cm³/mol. The first kappa shape index (κ1) is 28.3. The van der Waals surface area contributed by atoms with Crippen LogP contribution in [0.15, 0.2) is 59.5 Å². The van der Waals surface area contributed by atoms with Crippen molar-refractivity contribution in [2.75, 3.05) is 6.61 Å². The smallest absolute Gasteiger partial charge is 0.347 e. The first-order valence-electron chi connectivity index (χ1n) is 11.0. The van der Waals surface area contributed by atoms with Gasteiger partial charge in [0.25, 0.3) is 0 Å². The van der Waals surface area contributed by atoms with E-state index in [1.54, 1.807) is 30.3 Å². The molecule has 0 spiro atoms. The lowest BCUT2D eigenvalue weighted by atomic mass is 9.85. The van der Waals surface area contributed by atoms with Gasteiger partial charge >= 0.3 is 14.0 Å². The number of carbonyl (C=O) groups is 1. The van der Waals surface area contributed by atoms with E-state index in [0.29, 0.717) is 43.4 Å². The van der Waals surface area contributed by atoms with Gasteiger partial charge in [-0.15, -0.1) is 0 Å². The molecule has 36 heavy (non-hydrogen) atoms. The topological polar surface area (TPSA) is 142 Å². The summed E-state index contributed by atoms with van der Waals surface area (Å²) in [7, 11) is -8.80. The zero-order chi connectivity index (χ0) is 26.6. The van der Waals surface area contributed by atoms with E-state index in [2.05, 4.69) is 14.6 Å². The number of sulfonamides is 1. The maximum absolute atomic E-state index is 12.8. The van der Waals surface area contributed by atoms with E-state index in [1.807, 2.05) is 0 Å². The highest BCUT2D eigenvalue weighted by atomic mass is 32.2. The third kappa shape index (κ3) is 8.12. The maximum Gasteiger partial charge on any atom is 0.469 e. The summed E-state index contributed by atoms with van der Waals surface area (Å²) in [5.74, 6) is -0.819. The number of phosphoric acid groups is 1. The Bertz CT molecular complexity index is 1180. The van der Waals surface area contributed by atoms with Gasteiger partial charge in [0.2, 0.25) is 15.9 Å². The Morgan fingerprint density at radius 2 is 1.61 bits per heavy atom. The molecule has 1 amide bonds. The van der Waals surface area contributed by atoms with Crippen molar-refractivity contribution in [3.05, 3.63) is 65.7 Å². The van der Waals surface area contributed by atoms with Gasteiger partial charge in [-0.2, -0.15) is 13.2 Å². The van der Waals surface area contributed by atoms with Gasteiger partial charge in [-0.05, 0) is 55.5 Å². The second-order valence-electron chi connectivity index (χ2n) is 8.45. The SMILES string of the molecule is O=C(N[C@H](COP(=O)(O)O)c1ccccc1)[C@H]1CC[C@H](NS(=O)(=O)c2ccc(C(F)(F)F)cc2)CC1. The summed E-state index contributed by atoms with van der Waals surface area (Å²) in [6.45, 7) is -0.442. The molecule has 1 aliphatic rings. The Kier molecular flexibility index (Phi) is 8.97. The van der Waals surface area contributed by atoms with Crippen LogP contribution in [0.2, 0.25) is 0 Å². The van der Waals surface area contributed by atoms with E-state index in [1.165, 1.54) is 0 Å². The van der Waals surface area contributed by atoms with Crippen LogP contribution < -0.4 is 10.0 Å². The van der Waals surface area contributed by atoms with E-state index in [9.17, 15) is 30.9 Å². The normalized spacial score (nSPS) is 20.0. The molecule has 0 bridgehead atoms. The average Bonchev–Trinajstić information content (AvgIpc) is 2.81. The Morgan fingerprint density at radius 3 is 2.14 bits per heavy atom. The molecule has 1 saturated carbocycles. The molecule has 2 aromatic carbocycles. The van der Waals surface area contributed by atoms with Crippen molar-refractivity contribution in [1.29, 1.82) is 0 Å². The number of halogens is 3. The highest BCUT2D eigenvalue weighted by Crippen LogP contribution is 2.37. The molecule has 0 saturated heterocycles. The Morgan fingerprint density at radius 1 is 1.03 bits per heavy atom. The minimum Gasteiger partial charge on any atom is -0.347 e. The molecule has 1 fully saturated rings. The minimum atomic E-state index is -4.75. The molecule has 0 radical (unpaired) electrons. The fraction of sp³-hybridized carbons (Fsp3) is 0.409. The van der Waals surface area contributed by atoms with Crippen LogP contribution in [-0.2, 0) is 30.1 Å². The summed E-state index contributed by atoms with van der Waals surface area (Å²) in [4.78, 5) is 30.6. The Balaban J connectivity index is 1.57. The van der Waals surface area contributed by atoms with Crippen molar-refractivity contribution in [1.82, 2.24) is 10.0 Å². The van der Waals surface area contributed by atoms with E-state index >= 15 is 0 Å².